The van der Waals surface area contributed by atoms with Gasteiger partial charge in [-0.2, -0.15) is 22.8 Å². The van der Waals surface area contributed by atoms with Crippen molar-refractivity contribution in [3.8, 4) is 11.1 Å². The average molecular weight is 418 g/mol. The lowest BCUT2D eigenvalue weighted by Crippen LogP contribution is -2.09. The number of hydrogen-bond donors (Lipinski definition) is 1. The molecule has 0 spiro atoms. The zero-order valence-corrected chi connectivity index (χ0v) is 16.0. The summed E-state index contributed by atoms with van der Waals surface area (Å²) >= 11 is 6.20. The maximum absolute atomic E-state index is 13.8. The van der Waals surface area contributed by atoms with Crippen LogP contribution in [0.5, 0.6) is 0 Å². The molecule has 3 heterocycles. The topological polar surface area (TPSA) is 55.1 Å². The van der Waals surface area contributed by atoms with Crippen molar-refractivity contribution in [2.45, 2.75) is 19.6 Å². The molecule has 4 rings (SSSR count). The molecule has 0 radical (unpaired) electrons. The average Bonchev–Trinajstić information content (AvgIpc) is 3.07. The zero-order chi connectivity index (χ0) is 20.6. The van der Waals surface area contributed by atoms with Crippen molar-refractivity contribution >= 4 is 23.1 Å². The third-order valence-corrected chi connectivity index (χ3v) is 4.64. The number of alkyl halides is 3. The van der Waals surface area contributed by atoms with Gasteiger partial charge in [-0.05, 0) is 25.1 Å². The van der Waals surface area contributed by atoms with E-state index < -0.39 is 11.9 Å². The van der Waals surface area contributed by atoms with Gasteiger partial charge in [0.1, 0.15) is 5.82 Å². The van der Waals surface area contributed by atoms with E-state index in [1.54, 1.807) is 37.4 Å². The molecule has 0 amide bonds. The Labute approximate surface area is 169 Å². The van der Waals surface area contributed by atoms with Gasteiger partial charge in [-0.15, -0.1) is 0 Å². The molecule has 0 saturated carbocycles. The minimum absolute atomic E-state index is 0.0777. The van der Waals surface area contributed by atoms with Crippen LogP contribution < -0.4 is 5.32 Å². The first-order valence-electron chi connectivity index (χ1n) is 8.71. The van der Waals surface area contributed by atoms with Crippen molar-refractivity contribution in [2.75, 3.05) is 5.32 Å². The summed E-state index contributed by atoms with van der Waals surface area (Å²) in [6, 6.07) is 13.4. The van der Waals surface area contributed by atoms with Gasteiger partial charge in [-0.3, -0.25) is 4.98 Å². The highest BCUT2D eigenvalue weighted by molar-refractivity contribution is 6.33. The summed E-state index contributed by atoms with van der Waals surface area (Å²) < 4.78 is 42.6. The largest absolute Gasteiger partial charge is 0.435 e. The van der Waals surface area contributed by atoms with Gasteiger partial charge < -0.3 is 5.32 Å². The van der Waals surface area contributed by atoms with E-state index in [-0.39, 0.29) is 21.8 Å². The summed E-state index contributed by atoms with van der Waals surface area (Å²) in [5.41, 5.74) is 0.407. The molecule has 0 aliphatic heterocycles. The summed E-state index contributed by atoms with van der Waals surface area (Å²) in [6.45, 7) is 2.03. The monoisotopic (exact) mass is 417 g/mol. The molecule has 0 aliphatic carbocycles. The quantitative estimate of drug-likeness (QED) is 0.484. The van der Waals surface area contributed by atoms with E-state index in [4.69, 9.17) is 11.6 Å². The highest BCUT2D eigenvalue weighted by Crippen LogP contribution is 2.41. The van der Waals surface area contributed by atoms with Gasteiger partial charge in [0, 0.05) is 28.5 Å². The van der Waals surface area contributed by atoms with Crippen molar-refractivity contribution in [1.82, 2.24) is 19.6 Å². The number of pyridine rings is 1. The van der Waals surface area contributed by atoms with Crippen LogP contribution in [-0.2, 0) is 12.7 Å². The van der Waals surface area contributed by atoms with Gasteiger partial charge in [0.15, 0.2) is 11.3 Å². The molecule has 0 unspecified atom stereocenters. The smallest absolute Gasteiger partial charge is 0.364 e. The first-order chi connectivity index (χ1) is 13.8. The minimum Gasteiger partial charge on any atom is -0.364 e. The van der Waals surface area contributed by atoms with Crippen molar-refractivity contribution in [1.29, 1.82) is 0 Å². The second kappa shape index (κ2) is 7.36. The summed E-state index contributed by atoms with van der Waals surface area (Å²) in [7, 11) is 0. The number of nitrogens with zero attached hydrogens (tertiary/aromatic N) is 4. The van der Waals surface area contributed by atoms with Gasteiger partial charge in [0.05, 0.1) is 17.8 Å². The Kier molecular flexibility index (Phi) is 4.87. The van der Waals surface area contributed by atoms with E-state index >= 15 is 0 Å². The van der Waals surface area contributed by atoms with Crippen LogP contribution in [0.3, 0.4) is 0 Å². The van der Waals surface area contributed by atoms with Crippen LogP contribution >= 0.6 is 11.6 Å². The molecule has 29 heavy (non-hydrogen) atoms. The van der Waals surface area contributed by atoms with Crippen molar-refractivity contribution in [3.63, 3.8) is 0 Å². The third-order valence-electron chi connectivity index (χ3n) is 4.31. The number of aryl methyl sites for hydroxylation is 1. The van der Waals surface area contributed by atoms with Gasteiger partial charge >= 0.3 is 6.18 Å². The standard InChI is InChI=1S/C20H15ClF3N5/c1-12-10-16(26-11-13-6-4-5-9-25-13)29-19(27-12)17(18(28-29)20(22,23)24)14-7-2-3-8-15(14)21/h2-10,26H,11H2,1H3. The van der Waals surface area contributed by atoms with E-state index in [0.29, 0.717) is 18.1 Å². The predicted molar refractivity (Wildman–Crippen MR) is 105 cm³/mol. The van der Waals surface area contributed by atoms with E-state index in [1.807, 2.05) is 12.1 Å². The Morgan fingerprint density at radius 3 is 2.55 bits per heavy atom. The van der Waals surface area contributed by atoms with Gasteiger partial charge in [-0.1, -0.05) is 35.9 Å². The molecular weight excluding hydrogens is 403 g/mol. The van der Waals surface area contributed by atoms with Crippen LogP contribution in [0, 0.1) is 6.92 Å². The van der Waals surface area contributed by atoms with E-state index in [9.17, 15) is 13.2 Å². The molecule has 0 aliphatic rings. The normalized spacial score (nSPS) is 11.8. The number of benzene rings is 1. The lowest BCUT2D eigenvalue weighted by Gasteiger charge is -2.10. The number of halogens is 4. The number of rotatable bonds is 4. The summed E-state index contributed by atoms with van der Waals surface area (Å²) in [6.07, 6.45) is -3.02. The molecule has 148 valence electrons. The molecule has 0 atom stereocenters. The fourth-order valence-corrected chi connectivity index (χ4v) is 3.29. The van der Waals surface area contributed by atoms with Crippen LogP contribution in [0.25, 0.3) is 16.8 Å². The second-order valence-corrected chi connectivity index (χ2v) is 6.80. The summed E-state index contributed by atoms with van der Waals surface area (Å²) in [5.74, 6) is 0.377. The van der Waals surface area contributed by atoms with E-state index in [2.05, 4.69) is 20.4 Å². The van der Waals surface area contributed by atoms with Gasteiger partial charge in [0.2, 0.25) is 0 Å². The molecule has 3 aromatic heterocycles. The fraction of sp³-hybridized carbons (Fsp3) is 0.150. The van der Waals surface area contributed by atoms with Crippen molar-refractivity contribution in [2.24, 2.45) is 0 Å². The molecule has 1 N–H and O–H groups in total. The molecule has 0 fully saturated rings. The minimum atomic E-state index is -4.67. The van der Waals surface area contributed by atoms with Crippen molar-refractivity contribution in [3.05, 3.63) is 76.8 Å². The lowest BCUT2D eigenvalue weighted by molar-refractivity contribution is -0.140. The highest BCUT2D eigenvalue weighted by Gasteiger charge is 2.39. The van der Waals surface area contributed by atoms with Crippen molar-refractivity contribution < 1.29 is 13.2 Å². The van der Waals surface area contributed by atoms with Gasteiger partial charge in [0.25, 0.3) is 0 Å². The van der Waals surface area contributed by atoms with E-state index in [0.717, 1.165) is 10.2 Å². The summed E-state index contributed by atoms with van der Waals surface area (Å²) in [5, 5.41) is 7.14. The molecule has 9 heteroatoms. The Bertz CT molecular complexity index is 1170. The maximum Gasteiger partial charge on any atom is 0.435 e. The Morgan fingerprint density at radius 1 is 1.10 bits per heavy atom. The van der Waals surface area contributed by atoms with Crippen LogP contribution in [0.2, 0.25) is 5.02 Å². The van der Waals surface area contributed by atoms with E-state index in [1.165, 1.54) is 12.1 Å². The SMILES string of the molecule is Cc1cc(NCc2ccccn2)n2nc(C(F)(F)F)c(-c3ccccc3Cl)c2n1. The lowest BCUT2D eigenvalue weighted by atomic mass is 10.1. The van der Waals surface area contributed by atoms with Crippen LogP contribution in [0.4, 0.5) is 19.0 Å². The third kappa shape index (κ3) is 3.75. The molecule has 0 bridgehead atoms. The fourth-order valence-electron chi connectivity index (χ4n) is 3.06. The van der Waals surface area contributed by atoms with Crippen LogP contribution in [-0.4, -0.2) is 19.6 Å². The first kappa shape index (κ1) is 19.2. The molecular formula is C20H15ClF3N5. The number of nitrogens with one attached hydrogen (secondary N) is 1. The highest BCUT2D eigenvalue weighted by atomic mass is 35.5. The Balaban J connectivity index is 1.91. The molecule has 0 saturated heterocycles. The van der Waals surface area contributed by atoms with Gasteiger partial charge in [-0.25, -0.2) is 4.98 Å². The zero-order valence-electron chi connectivity index (χ0n) is 15.2. The summed E-state index contributed by atoms with van der Waals surface area (Å²) in [4.78, 5) is 8.54. The second-order valence-electron chi connectivity index (χ2n) is 6.39. The number of anilines is 1. The Morgan fingerprint density at radius 2 is 1.86 bits per heavy atom. The first-order valence-corrected chi connectivity index (χ1v) is 9.08. The predicted octanol–water partition coefficient (Wildman–Crippen LogP) is 5.38. The van der Waals surface area contributed by atoms with Crippen LogP contribution in [0.15, 0.2) is 54.7 Å². The maximum atomic E-state index is 13.8. The molecule has 4 aromatic rings. The molecule has 5 nitrogen and oxygen atoms in total. The molecule has 1 aromatic carbocycles. The Hall–Kier alpha value is -3.13. The number of aromatic nitrogens is 4. The van der Waals surface area contributed by atoms with Crippen LogP contribution in [0.1, 0.15) is 17.1 Å². The number of fused-ring (bicyclic) bond motifs is 1. The number of hydrogen-bond acceptors (Lipinski definition) is 4.